The summed E-state index contributed by atoms with van der Waals surface area (Å²) in [4.78, 5) is 11.0. The second-order valence-electron chi connectivity index (χ2n) is 4.22. The molecule has 17 heavy (non-hydrogen) atoms. The highest BCUT2D eigenvalue weighted by molar-refractivity contribution is 7.91. The summed E-state index contributed by atoms with van der Waals surface area (Å²) < 4.78 is 22.8. The van der Waals surface area contributed by atoms with E-state index in [1.807, 2.05) is 0 Å². The van der Waals surface area contributed by atoms with E-state index in [0.717, 1.165) is 0 Å². The van der Waals surface area contributed by atoms with Crippen LogP contribution in [0.3, 0.4) is 0 Å². The molecule has 0 amide bonds. The molecule has 5 nitrogen and oxygen atoms in total. The number of hydrogen-bond acceptors (Lipinski definition) is 4. The maximum absolute atomic E-state index is 11.4. The molecule has 1 atom stereocenters. The van der Waals surface area contributed by atoms with Gasteiger partial charge in [-0.25, -0.2) is 13.2 Å². The number of aliphatic hydroxyl groups is 1. The molecule has 92 valence electrons. The number of rotatable bonds is 2. The Labute approximate surface area is 98.6 Å². The lowest BCUT2D eigenvalue weighted by atomic mass is 9.89. The average molecular weight is 256 g/mol. The summed E-state index contributed by atoms with van der Waals surface area (Å²) in [5.74, 6) is -1.69. The maximum Gasteiger partial charge on any atom is 0.336 e. The third-order valence-corrected chi connectivity index (χ3v) is 4.69. The Hall–Kier alpha value is -1.40. The van der Waals surface area contributed by atoms with Crippen LogP contribution in [0.2, 0.25) is 0 Å². The van der Waals surface area contributed by atoms with Crippen molar-refractivity contribution >= 4 is 15.8 Å². The molecule has 0 aromatic heterocycles. The van der Waals surface area contributed by atoms with Gasteiger partial charge in [-0.3, -0.25) is 0 Å². The van der Waals surface area contributed by atoms with E-state index < -0.39 is 27.2 Å². The summed E-state index contributed by atoms with van der Waals surface area (Å²) in [5.41, 5.74) is -1.45. The molecule has 1 aromatic rings. The number of carbonyl (C=O) groups is 1. The smallest absolute Gasteiger partial charge is 0.336 e. The molecule has 0 aliphatic carbocycles. The monoisotopic (exact) mass is 256 g/mol. The highest BCUT2D eigenvalue weighted by Crippen LogP contribution is 2.35. The molecule has 1 heterocycles. The van der Waals surface area contributed by atoms with Crippen LogP contribution in [-0.4, -0.2) is 36.1 Å². The lowest BCUT2D eigenvalue weighted by Gasteiger charge is -2.22. The van der Waals surface area contributed by atoms with Gasteiger partial charge in [-0.15, -0.1) is 0 Å². The van der Waals surface area contributed by atoms with Crippen LogP contribution in [0.4, 0.5) is 0 Å². The van der Waals surface area contributed by atoms with Crippen LogP contribution in [0.15, 0.2) is 24.3 Å². The van der Waals surface area contributed by atoms with Gasteiger partial charge in [-0.05, 0) is 18.1 Å². The predicted molar refractivity (Wildman–Crippen MR) is 60.6 cm³/mol. The Morgan fingerprint density at radius 1 is 1.29 bits per heavy atom. The van der Waals surface area contributed by atoms with Crippen molar-refractivity contribution in [3.8, 4) is 0 Å². The molecule has 0 saturated carbocycles. The molecule has 2 rings (SSSR count). The van der Waals surface area contributed by atoms with E-state index in [-0.39, 0.29) is 23.3 Å². The van der Waals surface area contributed by atoms with Gasteiger partial charge in [0.2, 0.25) is 0 Å². The number of hydrogen-bond donors (Lipinski definition) is 2. The van der Waals surface area contributed by atoms with E-state index in [2.05, 4.69) is 0 Å². The number of sulfone groups is 1. The van der Waals surface area contributed by atoms with Gasteiger partial charge in [-0.1, -0.05) is 18.2 Å². The fourth-order valence-electron chi connectivity index (χ4n) is 2.12. The minimum Gasteiger partial charge on any atom is -0.478 e. The van der Waals surface area contributed by atoms with Gasteiger partial charge in [0, 0.05) is 0 Å². The molecule has 1 aromatic carbocycles. The lowest BCUT2D eigenvalue weighted by molar-refractivity contribution is 0.0571. The summed E-state index contributed by atoms with van der Waals surface area (Å²) in [6, 6.07) is 5.95. The van der Waals surface area contributed by atoms with Gasteiger partial charge in [-0.2, -0.15) is 0 Å². The quantitative estimate of drug-likeness (QED) is 0.798. The first-order valence-corrected chi connectivity index (χ1v) is 6.92. The minimum absolute atomic E-state index is 0.0413. The first-order chi connectivity index (χ1) is 7.84. The van der Waals surface area contributed by atoms with Crippen LogP contribution in [0.25, 0.3) is 0 Å². The zero-order chi connectivity index (χ0) is 12.7. The van der Waals surface area contributed by atoms with Gasteiger partial charge in [0.15, 0.2) is 9.84 Å². The maximum atomic E-state index is 11.4. The van der Waals surface area contributed by atoms with Crippen LogP contribution in [0, 0.1) is 0 Å². The Kier molecular flexibility index (Phi) is 2.71. The summed E-state index contributed by atoms with van der Waals surface area (Å²) in [5, 5.41) is 19.3. The van der Waals surface area contributed by atoms with Crippen LogP contribution < -0.4 is 0 Å². The molecule has 0 bridgehead atoms. The number of carboxylic acids is 1. The van der Waals surface area contributed by atoms with Gasteiger partial charge in [0.25, 0.3) is 0 Å². The van der Waals surface area contributed by atoms with Crippen LogP contribution in [-0.2, 0) is 15.4 Å². The third-order valence-electron chi connectivity index (χ3n) is 2.94. The van der Waals surface area contributed by atoms with Gasteiger partial charge < -0.3 is 10.2 Å². The zero-order valence-electron chi connectivity index (χ0n) is 8.96. The molecular formula is C11H12O5S. The summed E-state index contributed by atoms with van der Waals surface area (Å²) in [7, 11) is -3.29. The standard InChI is InChI=1S/C11H12O5S/c12-10(13)8-3-1-2-4-9(8)11(14)5-6-17(15,16)7-11/h1-4,14H,5-7H2,(H,12,13). The van der Waals surface area contributed by atoms with E-state index in [1.54, 1.807) is 12.1 Å². The predicted octanol–water partition coefficient (Wildman–Crippen LogP) is 0.391. The molecule has 0 radical (unpaired) electrons. The molecule has 2 N–H and O–H groups in total. The second kappa shape index (κ2) is 3.82. The molecular weight excluding hydrogens is 244 g/mol. The van der Waals surface area contributed by atoms with Gasteiger partial charge >= 0.3 is 5.97 Å². The Bertz CT molecular complexity index is 563. The second-order valence-corrected chi connectivity index (χ2v) is 6.41. The average Bonchev–Trinajstić information content (AvgIpc) is 2.54. The van der Waals surface area contributed by atoms with E-state index in [4.69, 9.17) is 5.11 Å². The molecule has 1 fully saturated rings. The molecule has 6 heteroatoms. The first kappa shape index (κ1) is 12.1. The molecule has 0 spiro atoms. The topological polar surface area (TPSA) is 91.7 Å². The molecule has 1 saturated heterocycles. The number of benzene rings is 1. The highest BCUT2D eigenvalue weighted by atomic mass is 32.2. The van der Waals surface area contributed by atoms with Crippen molar-refractivity contribution in [2.24, 2.45) is 0 Å². The molecule has 1 aliphatic heterocycles. The van der Waals surface area contributed by atoms with E-state index in [0.29, 0.717) is 0 Å². The SMILES string of the molecule is O=C(O)c1ccccc1C1(O)CCS(=O)(=O)C1. The number of aromatic carboxylic acids is 1. The van der Waals surface area contributed by atoms with Crippen molar-refractivity contribution in [2.75, 3.05) is 11.5 Å². The molecule has 1 aliphatic rings. The fourth-order valence-corrected chi connectivity index (χ4v) is 3.94. The molecule has 1 unspecified atom stereocenters. The van der Waals surface area contributed by atoms with Gasteiger partial charge in [0.1, 0.15) is 5.60 Å². The van der Waals surface area contributed by atoms with Crippen LogP contribution in [0.5, 0.6) is 0 Å². The first-order valence-electron chi connectivity index (χ1n) is 5.10. The minimum atomic E-state index is -3.29. The van der Waals surface area contributed by atoms with E-state index in [9.17, 15) is 18.3 Å². The normalized spacial score (nSPS) is 26.9. The summed E-state index contributed by atoms with van der Waals surface area (Å²) >= 11 is 0. The Morgan fingerprint density at radius 3 is 2.47 bits per heavy atom. The van der Waals surface area contributed by atoms with Crippen molar-refractivity contribution in [1.82, 2.24) is 0 Å². The third kappa shape index (κ3) is 2.18. The van der Waals surface area contributed by atoms with Crippen molar-refractivity contribution in [3.05, 3.63) is 35.4 Å². The summed E-state index contributed by atoms with van der Waals surface area (Å²) in [6.07, 6.45) is 0.0413. The number of carboxylic acid groups (broad SMARTS) is 1. The Morgan fingerprint density at radius 2 is 1.94 bits per heavy atom. The van der Waals surface area contributed by atoms with Crippen molar-refractivity contribution < 1.29 is 23.4 Å². The van der Waals surface area contributed by atoms with Crippen LogP contribution in [0.1, 0.15) is 22.3 Å². The largest absolute Gasteiger partial charge is 0.478 e. The van der Waals surface area contributed by atoms with Crippen molar-refractivity contribution in [1.29, 1.82) is 0 Å². The highest BCUT2D eigenvalue weighted by Gasteiger charge is 2.43. The lowest BCUT2D eigenvalue weighted by Crippen LogP contribution is -2.29. The van der Waals surface area contributed by atoms with Gasteiger partial charge in [0.05, 0.1) is 17.1 Å². The van der Waals surface area contributed by atoms with Crippen molar-refractivity contribution in [2.45, 2.75) is 12.0 Å². The summed E-state index contributed by atoms with van der Waals surface area (Å²) in [6.45, 7) is 0. The fraction of sp³-hybridized carbons (Fsp3) is 0.364. The van der Waals surface area contributed by atoms with Crippen LogP contribution >= 0.6 is 0 Å². The van der Waals surface area contributed by atoms with Crippen molar-refractivity contribution in [3.63, 3.8) is 0 Å². The Balaban J connectivity index is 2.51. The van der Waals surface area contributed by atoms with E-state index in [1.165, 1.54) is 12.1 Å². The zero-order valence-corrected chi connectivity index (χ0v) is 9.77. The van der Waals surface area contributed by atoms with E-state index >= 15 is 0 Å².